The SMILES string of the molecule is COc1cc(C(=O)N2CC3CCC2[C@@H]3N)cc2nc(-c3cc4ccccc4n3CC3CC3)n(CC3(F)CN(C(=O)c4ccccc4)C3)c12. The summed E-state index contributed by atoms with van der Waals surface area (Å²) >= 11 is 0. The molecule has 2 aliphatic heterocycles. The number of halogens is 1. The quantitative estimate of drug-likeness (QED) is 0.240. The van der Waals surface area contributed by atoms with Gasteiger partial charge in [-0.2, -0.15) is 0 Å². The van der Waals surface area contributed by atoms with Crippen LogP contribution in [0.1, 0.15) is 46.4 Å². The van der Waals surface area contributed by atoms with E-state index in [4.69, 9.17) is 15.5 Å². The van der Waals surface area contributed by atoms with E-state index in [1.165, 1.54) is 12.8 Å². The topological polar surface area (TPSA) is 98.6 Å². The summed E-state index contributed by atoms with van der Waals surface area (Å²) in [6.07, 6.45) is 4.34. The molecule has 2 bridgehead atoms. The molecule has 10 heteroatoms. The lowest BCUT2D eigenvalue weighted by Gasteiger charge is -2.44. The Balaban J connectivity index is 1.14. The number of alkyl halides is 1. The number of likely N-dealkylation sites (tertiary alicyclic amines) is 2. The predicted molar refractivity (Wildman–Crippen MR) is 182 cm³/mol. The standard InChI is InChI=1S/C38H39FN6O3/c1-48-32-17-27(37(47)44-19-26-13-14-30(44)33(26)40)15-28-34(32)45(22-38(39)20-42(21-38)36(46)24-7-3-2-4-8-24)35(41-28)31-16-25-9-5-6-10-29(25)43(31)18-23-11-12-23/h2-10,15-17,23,26,30,33H,11-14,18-22,40H2,1H3/t26?,30?,33-/m1/s1. The maximum Gasteiger partial charge on any atom is 0.254 e. The average molecular weight is 647 g/mol. The van der Waals surface area contributed by atoms with Crippen LogP contribution < -0.4 is 10.5 Å². The van der Waals surface area contributed by atoms with Gasteiger partial charge in [-0.1, -0.05) is 36.4 Å². The molecule has 2 aliphatic carbocycles. The van der Waals surface area contributed by atoms with Gasteiger partial charge in [-0.3, -0.25) is 9.59 Å². The molecule has 0 spiro atoms. The Hall–Kier alpha value is -4.70. The lowest BCUT2D eigenvalue weighted by Crippen LogP contribution is -2.62. The van der Waals surface area contributed by atoms with Gasteiger partial charge in [0.2, 0.25) is 0 Å². The minimum Gasteiger partial charge on any atom is -0.494 e. The molecule has 2 amide bonds. The zero-order chi connectivity index (χ0) is 32.7. The lowest BCUT2D eigenvalue weighted by molar-refractivity contribution is -0.0290. The van der Waals surface area contributed by atoms with Gasteiger partial charge in [0, 0.05) is 47.2 Å². The maximum absolute atomic E-state index is 16.8. The second-order valence-corrected chi connectivity index (χ2v) is 14.3. The number of carbonyl (C=O) groups is 2. The Kier molecular flexibility index (Phi) is 6.70. The summed E-state index contributed by atoms with van der Waals surface area (Å²) in [5, 5.41) is 1.09. The highest BCUT2D eigenvalue weighted by Crippen LogP contribution is 2.42. The molecule has 9 nitrogen and oxygen atoms in total. The van der Waals surface area contributed by atoms with E-state index >= 15 is 4.39 Å². The smallest absolute Gasteiger partial charge is 0.254 e. The molecule has 4 heterocycles. The third-order valence-electron chi connectivity index (χ3n) is 11.1. The van der Waals surface area contributed by atoms with Crippen LogP contribution in [0.5, 0.6) is 5.75 Å². The summed E-state index contributed by atoms with van der Waals surface area (Å²) in [6.45, 7) is 1.44. The Morgan fingerprint density at radius 2 is 1.71 bits per heavy atom. The van der Waals surface area contributed by atoms with Gasteiger partial charge < -0.3 is 29.4 Å². The molecule has 4 fully saturated rings. The van der Waals surface area contributed by atoms with Crippen molar-refractivity contribution in [2.75, 3.05) is 26.7 Å². The number of ether oxygens (including phenoxy) is 1. The number of piperidine rings is 1. The molecule has 0 radical (unpaired) electrons. The molecule has 5 aromatic rings. The minimum atomic E-state index is -1.68. The Bertz CT molecular complexity index is 2080. The highest BCUT2D eigenvalue weighted by atomic mass is 19.1. The molecular formula is C38H39FN6O3. The summed E-state index contributed by atoms with van der Waals surface area (Å²) in [5.74, 6) is 1.76. The molecule has 9 rings (SSSR count). The zero-order valence-corrected chi connectivity index (χ0v) is 27.0. The van der Waals surface area contributed by atoms with Crippen molar-refractivity contribution in [3.05, 3.63) is 83.9 Å². The number of amides is 2. The fraction of sp³-hybridized carbons (Fsp3) is 0.395. The van der Waals surface area contributed by atoms with E-state index in [1.54, 1.807) is 30.2 Å². The Morgan fingerprint density at radius 3 is 2.42 bits per heavy atom. The van der Waals surface area contributed by atoms with Gasteiger partial charge in [0.25, 0.3) is 11.8 Å². The largest absolute Gasteiger partial charge is 0.494 e. The van der Waals surface area contributed by atoms with Crippen LogP contribution in [0.3, 0.4) is 0 Å². The predicted octanol–water partition coefficient (Wildman–Crippen LogP) is 5.50. The highest BCUT2D eigenvalue weighted by molar-refractivity contribution is 6.01. The molecule has 4 aliphatic rings. The number of hydrogen-bond acceptors (Lipinski definition) is 5. The van der Waals surface area contributed by atoms with E-state index in [1.807, 2.05) is 45.9 Å². The number of imidazole rings is 1. The molecule has 3 aromatic carbocycles. The molecule has 246 valence electrons. The average Bonchev–Trinajstić information content (AvgIpc) is 3.46. The minimum absolute atomic E-state index is 0.00957. The van der Waals surface area contributed by atoms with E-state index in [0.717, 1.165) is 36.0 Å². The molecule has 2 unspecified atom stereocenters. The van der Waals surface area contributed by atoms with Crippen LogP contribution in [-0.2, 0) is 13.1 Å². The van der Waals surface area contributed by atoms with Gasteiger partial charge in [0.1, 0.15) is 11.3 Å². The van der Waals surface area contributed by atoms with Crippen molar-refractivity contribution >= 4 is 33.8 Å². The van der Waals surface area contributed by atoms with Crippen molar-refractivity contribution in [3.63, 3.8) is 0 Å². The van der Waals surface area contributed by atoms with Crippen molar-refractivity contribution in [1.29, 1.82) is 0 Å². The summed E-state index contributed by atoms with van der Waals surface area (Å²) in [7, 11) is 1.58. The number of aromatic nitrogens is 3. The Morgan fingerprint density at radius 1 is 0.938 bits per heavy atom. The van der Waals surface area contributed by atoms with E-state index < -0.39 is 5.67 Å². The van der Waals surface area contributed by atoms with Crippen molar-refractivity contribution in [1.82, 2.24) is 23.9 Å². The molecular weight excluding hydrogens is 607 g/mol. The Labute approximate surface area is 278 Å². The van der Waals surface area contributed by atoms with Crippen molar-refractivity contribution in [3.8, 4) is 17.3 Å². The van der Waals surface area contributed by atoms with Gasteiger partial charge in [-0.05, 0) is 73.9 Å². The number of nitrogens with zero attached hydrogens (tertiary/aromatic N) is 5. The number of hydrogen-bond donors (Lipinski definition) is 1. The van der Waals surface area contributed by atoms with Crippen molar-refractivity contribution in [2.45, 2.75) is 56.5 Å². The summed E-state index contributed by atoms with van der Waals surface area (Å²) in [6, 6.07) is 23.0. The number of methoxy groups -OCH3 is 1. The monoisotopic (exact) mass is 646 g/mol. The fourth-order valence-electron chi connectivity index (χ4n) is 8.39. The summed E-state index contributed by atoms with van der Waals surface area (Å²) < 4.78 is 26.9. The van der Waals surface area contributed by atoms with Gasteiger partial charge in [0.05, 0.1) is 38.0 Å². The second-order valence-electron chi connectivity index (χ2n) is 14.3. The lowest BCUT2D eigenvalue weighted by atomic mass is 9.94. The fourth-order valence-corrected chi connectivity index (χ4v) is 8.39. The third-order valence-corrected chi connectivity index (χ3v) is 11.1. The second kappa shape index (κ2) is 10.9. The van der Waals surface area contributed by atoms with E-state index in [-0.39, 0.29) is 43.5 Å². The number of fused-ring (bicyclic) bond motifs is 4. The van der Waals surface area contributed by atoms with E-state index in [2.05, 4.69) is 22.8 Å². The molecule has 3 atom stereocenters. The molecule has 48 heavy (non-hydrogen) atoms. The normalized spacial score (nSPS) is 22.9. The van der Waals surface area contributed by atoms with Crippen molar-refractivity contribution in [2.24, 2.45) is 17.6 Å². The van der Waals surface area contributed by atoms with E-state index in [0.29, 0.717) is 52.1 Å². The number of para-hydroxylation sites is 1. The summed E-state index contributed by atoms with van der Waals surface area (Å²) in [4.78, 5) is 35.7. The molecule has 2 saturated carbocycles. The van der Waals surface area contributed by atoms with Gasteiger partial charge >= 0.3 is 0 Å². The van der Waals surface area contributed by atoms with Crippen LogP contribution in [0.4, 0.5) is 4.39 Å². The van der Waals surface area contributed by atoms with Crippen LogP contribution >= 0.6 is 0 Å². The summed E-state index contributed by atoms with van der Waals surface area (Å²) in [5.41, 5.74) is 9.03. The van der Waals surface area contributed by atoms with Gasteiger partial charge in [-0.25, -0.2) is 9.37 Å². The van der Waals surface area contributed by atoms with Gasteiger partial charge in [0.15, 0.2) is 11.5 Å². The first-order valence-electron chi connectivity index (χ1n) is 17.1. The van der Waals surface area contributed by atoms with Crippen LogP contribution in [0.2, 0.25) is 0 Å². The number of nitrogens with two attached hydrogens (primary N) is 1. The van der Waals surface area contributed by atoms with Crippen LogP contribution in [-0.4, -0.2) is 80.2 Å². The van der Waals surface area contributed by atoms with Crippen molar-refractivity contribution < 1.29 is 18.7 Å². The number of carbonyl (C=O) groups excluding carboxylic acids is 2. The number of benzene rings is 3. The van der Waals surface area contributed by atoms with E-state index in [9.17, 15) is 9.59 Å². The van der Waals surface area contributed by atoms with Crippen LogP contribution in [0, 0.1) is 11.8 Å². The zero-order valence-electron chi connectivity index (χ0n) is 27.0. The first kappa shape index (κ1) is 29.4. The van der Waals surface area contributed by atoms with Gasteiger partial charge in [-0.15, -0.1) is 0 Å². The highest BCUT2D eigenvalue weighted by Gasteiger charge is 2.48. The molecule has 2 aromatic heterocycles. The third kappa shape index (κ3) is 4.71. The van der Waals surface area contributed by atoms with Crippen LogP contribution in [0.15, 0.2) is 72.8 Å². The molecule has 2 N–H and O–H groups in total. The van der Waals surface area contributed by atoms with Crippen LogP contribution in [0.25, 0.3) is 33.5 Å². The first-order valence-corrected chi connectivity index (χ1v) is 17.1. The maximum atomic E-state index is 16.8. The number of rotatable bonds is 8. The molecule has 2 saturated heterocycles. The first-order chi connectivity index (χ1) is 23.3.